The van der Waals surface area contributed by atoms with Crippen LogP contribution in [0.3, 0.4) is 0 Å². The standard InChI is InChI=1S/C52H64N3O19P/c1-24(2)15-29(17-34(57)25(3)53-39(60)23-75(69,70)71)50(66)54-26(4)35(58)18-30(16-28-11-8-7-9-12-28)51(67)55-33-19-40(73-27(5)45(33)61)74-37-21-52(68,38(59)22-56)20-32-42(37)49(65)44-43(47(32)63)46(62)31-13-10-14-36(72-6)41(31)48(44)64/h7-14,24-27,29-30,33,37,40,45,56,61,63,65,68H,15-23H2,1-6H3,(H,53,60)(H,54,66)(H,55,67)(H2,69,70,71). The molecule has 10 atom stereocenters. The third-order valence-electron chi connectivity index (χ3n) is 13.9. The molecule has 0 spiro atoms. The van der Waals surface area contributed by atoms with E-state index >= 15 is 0 Å². The van der Waals surface area contributed by atoms with Crippen LogP contribution in [0.5, 0.6) is 17.2 Å². The van der Waals surface area contributed by atoms with Gasteiger partial charge in [-0.15, -0.1) is 0 Å². The summed E-state index contributed by atoms with van der Waals surface area (Å²) >= 11 is 0. The predicted molar refractivity (Wildman–Crippen MR) is 264 cm³/mol. The highest BCUT2D eigenvalue weighted by Crippen LogP contribution is 2.52. The van der Waals surface area contributed by atoms with Crippen LogP contribution in [-0.4, -0.2) is 144 Å². The third-order valence-corrected chi connectivity index (χ3v) is 14.6. The average Bonchev–Trinajstić information content (AvgIpc) is 3.33. The van der Waals surface area contributed by atoms with E-state index in [0.29, 0.717) is 5.56 Å². The molecule has 3 aromatic rings. The number of aromatic hydroxyl groups is 2. The van der Waals surface area contributed by atoms with Crippen molar-refractivity contribution in [1.29, 1.82) is 0 Å². The van der Waals surface area contributed by atoms with Crippen molar-refractivity contribution in [3.63, 3.8) is 0 Å². The molecule has 1 fully saturated rings. The zero-order valence-corrected chi connectivity index (χ0v) is 43.1. The van der Waals surface area contributed by atoms with E-state index in [0.717, 1.165) is 0 Å². The number of ketones is 5. The predicted octanol–water partition coefficient (Wildman–Crippen LogP) is 1.79. The van der Waals surface area contributed by atoms with Crippen molar-refractivity contribution < 1.29 is 92.5 Å². The number of ether oxygens (including phenoxy) is 3. The van der Waals surface area contributed by atoms with Crippen LogP contribution in [-0.2, 0) is 55.6 Å². The zero-order chi connectivity index (χ0) is 55.4. The van der Waals surface area contributed by atoms with E-state index in [1.807, 2.05) is 13.8 Å². The van der Waals surface area contributed by atoms with E-state index in [-0.39, 0.29) is 59.6 Å². The number of fused-ring (bicyclic) bond motifs is 3. The Labute approximate surface area is 431 Å². The molecule has 6 rings (SSSR count). The van der Waals surface area contributed by atoms with Crippen LogP contribution in [0.15, 0.2) is 48.5 Å². The number of carbonyl (C=O) groups excluding carboxylic acids is 8. The van der Waals surface area contributed by atoms with E-state index < -0.39 is 169 Å². The molecule has 75 heavy (non-hydrogen) atoms. The van der Waals surface area contributed by atoms with Crippen LogP contribution in [0.2, 0.25) is 0 Å². The van der Waals surface area contributed by atoms with Crippen molar-refractivity contribution in [2.75, 3.05) is 19.9 Å². The molecule has 23 heteroatoms. The minimum absolute atomic E-state index is 0.0102. The number of benzene rings is 3. The van der Waals surface area contributed by atoms with Gasteiger partial charge in [0, 0.05) is 60.6 Å². The maximum absolute atomic E-state index is 14.4. The first-order chi connectivity index (χ1) is 35.2. The Bertz CT molecular complexity index is 2780. The number of phenols is 2. The summed E-state index contributed by atoms with van der Waals surface area (Å²) in [6.45, 7) is 6.67. The summed E-state index contributed by atoms with van der Waals surface area (Å²) in [5, 5.41) is 64.5. The summed E-state index contributed by atoms with van der Waals surface area (Å²) in [5.74, 6) is -10.2. The molecule has 3 amide bonds. The number of phenolic OH excluding ortho intramolecular Hbond substituents is 2. The second-order valence-corrected chi connectivity index (χ2v) is 21.7. The zero-order valence-electron chi connectivity index (χ0n) is 42.2. The van der Waals surface area contributed by atoms with Gasteiger partial charge in [0.15, 0.2) is 29.4 Å². The van der Waals surface area contributed by atoms with Crippen LogP contribution in [0.4, 0.5) is 0 Å². The molecule has 406 valence electrons. The summed E-state index contributed by atoms with van der Waals surface area (Å²) in [6, 6.07) is 9.38. The molecule has 3 aromatic carbocycles. The topological polar surface area (TPSA) is 359 Å². The van der Waals surface area contributed by atoms with Gasteiger partial charge in [-0.2, -0.15) is 0 Å². The molecule has 1 heterocycles. The lowest BCUT2D eigenvalue weighted by molar-refractivity contribution is -0.249. The summed E-state index contributed by atoms with van der Waals surface area (Å²) in [4.78, 5) is 127. The molecule has 1 saturated heterocycles. The van der Waals surface area contributed by atoms with Crippen molar-refractivity contribution in [1.82, 2.24) is 16.0 Å². The second kappa shape index (κ2) is 23.8. The normalized spacial score (nSPS) is 22.9. The van der Waals surface area contributed by atoms with Gasteiger partial charge in [0.25, 0.3) is 0 Å². The lowest BCUT2D eigenvalue weighted by atomic mass is 9.72. The van der Waals surface area contributed by atoms with Crippen LogP contribution >= 0.6 is 7.60 Å². The number of Topliss-reactive ketones (excluding diaryl/α,β-unsaturated/α-hetero) is 3. The van der Waals surface area contributed by atoms with Crippen LogP contribution in [0.25, 0.3) is 0 Å². The number of carbonyl (C=O) groups is 8. The van der Waals surface area contributed by atoms with Crippen molar-refractivity contribution in [3.05, 3.63) is 87.5 Å². The van der Waals surface area contributed by atoms with Gasteiger partial charge in [-0.3, -0.25) is 42.9 Å². The smallest absolute Gasteiger partial charge is 0.334 e. The van der Waals surface area contributed by atoms with E-state index in [4.69, 9.17) is 24.0 Å². The fourth-order valence-corrected chi connectivity index (χ4v) is 10.4. The lowest BCUT2D eigenvalue weighted by Crippen LogP contribution is -2.57. The van der Waals surface area contributed by atoms with Crippen molar-refractivity contribution >= 4 is 54.2 Å². The Morgan fingerprint density at radius 1 is 0.840 bits per heavy atom. The first-order valence-electron chi connectivity index (χ1n) is 24.4. The minimum Gasteiger partial charge on any atom is -0.507 e. The van der Waals surface area contributed by atoms with Gasteiger partial charge in [0.2, 0.25) is 23.5 Å². The Morgan fingerprint density at radius 3 is 2.08 bits per heavy atom. The summed E-state index contributed by atoms with van der Waals surface area (Å²) in [5.41, 5.74) is -3.88. The maximum atomic E-state index is 14.4. The molecular weight excluding hydrogens is 1000 g/mol. The highest BCUT2D eigenvalue weighted by Gasteiger charge is 2.51. The maximum Gasteiger partial charge on any atom is 0.334 e. The molecular formula is C52H64N3O19P. The number of hydrogen-bond acceptors (Lipinski definition) is 17. The monoisotopic (exact) mass is 1070 g/mol. The van der Waals surface area contributed by atoms with Gasteiger partial charge in [-0.25, -0.2) is 0 Å². The van der Waals surface area contributed by atoms with E-state index in [1.165, 1.54) is 46.1 Å². The quantitative estimate of drug-likeness (QED) is 0.0396. The fourth-order valence-electron chi connectivity index (χ4n) is 9.97. The van der Waals surface area contributed by atoms with E-state index in [9.17, 15) is 68.5 Å². The Balaban J connectivity index is 1.22. The Kier molecular flexibility index (Phi) is 18.4. The fraction of sp³-hybridized carbons (Fsp3) is 0.500. The molecule has 22 nitrogen and oxygen atoms in total. The number of aliphatic hydroxyl groups excluding tert-OH is 2. The number of nitrogens with one attached hydrogen (secondary N) is 3. The number of amides is 3. The van der Waals surface area contributed by atoms with Crippen LogP contribution in [0.1, 0.15) is 121 Å². The molecule has 10 N–H and O–H groups in total. The van der Waals surface area contributed by atoms with Crippen molar-refractivity contribution in [2.45, 2.75) is 128 Å². The SMILES string of the molecule is COc1cccc2c1C(=O)c1c(O)c3c(c(O)c1C2=O)CC(O)(C(=O)CO)CC3OC1CC(NC(=O)C(CC(=O)C(C)NC(=O)C(CC(=O)C(C)NC(=O)CP(=O)(O)O)CC(C)C)Cc2ccccc2)C(O)C(C)O1. The molecule has 0 saturated carbocycles. The average molecular weight is 1070 g/mol. The van der Waals surface area contributed by atoms with Gasteiger partial charge in [0.1, 0.15) is 41.7 Å². The first-order valence-corrected chi connectivity index (χ1v) is 26.2. The molecule has 0 radical (unpaired) electrons. The highest BCUT2D eigenvalue weighted by molar-refractivity contribution is 7.52. The van der Waals surface area contributed by atoms with Gasteiger partial charge in [0.05, 0.1) is 54.1 Å². The molecule has 10 unspecified atom stereocenters. The van der Waals surface area contributed by atoms with Gasteiger partial charge >= 0.3 is 7.60 Å². The molecule has 1 aliphatic heterocycles. The third kappa shape index (κ3) is 13.2. The summed E-state index contributed by atoms with van der Waals surface area (Å²) in [6.07, 6.45) is -8.89. The largest absolute Gasteiger partial charge is 0.507 e. The molecule has 0 bridgehead atoms. The minimum atomic E-state index is -4.71. The second-order valence-electron chi connectivity index (χ2n) is 20.0. The lowest BCUT2D eigenvalue weighted by Gasteiger charge is -2.43. The van der Waals surface area contributed by atoms with Crippen molar-refractivity contribution in [3.8, 4) is 17.2 Å². The number of aliphatic hydroxyl groups is 3. The number of methoxy groups -OCH3 is 1. The first kappa shape index (κ1) is 58.0. The molecule has 2 aliphatic carbocycles. The van der Waals surface area contributed by atoms with Crippen molar-refractivity contribution in [2.24, 2.45) is 17.8 Å². The van der Waals surface area contributed by atoms with Gasteiger partial charge in [-0.05, 0) is 51.2 Å². The van der Waals surface area contributed by atoms with Gasteiger partial charge < -0.3 is 65.5 Å². The Hall–Kier alpha value is -6.23. The summed E-state index contributed by atoms with van der Waals surface area (Å²) in [7, 11) is -3.43. The van der Waals surface area contributed by atoms with Crippen LogP contribution < -0.4 is 20.7 Å². The number of rotatable bonds is 22. The Morgan fingerprint density at radius 2 is 1.47 bits per heavy atom. The van der Waals surface area contributed by atoms with Crippen LogP contribution in [0, 0.1) is 17.8 Å². The summed E-state index contributed by atoms with van der Waals surface area (Å²) < 4.78 is 29.0. The van der Waals surface area contributed by atoms with E-state index in [1.54, 1.807) is 30.3 Å². The van der Waals surface area contributed by atoms with Gasteiger partial charge in [-0.1, -0.05) is 56.3 Å². The molecule has 0 aromatic heterocycles. The van der Waals surface area contributed by atoms with E-state index in [2.05, 4.69) is 16.0 Å². The highest BCUT2D eigenvalue weighted by atomic mass is 31.2. The molecule has 3 aliphatic rings. The number of hydrogen-bond donors (Lipinski definition) is 10.